The van der Waals surface area contributed by atoms with Gasteiger partial charge in [0.15, 0.2) is 0 Å². The maximum atomic E-state index is 13.4. The summed E-state index contributed by atoms with van der Waals surface area (Å²) in [6.07, 6.45) is 1.45. The van der Waals surface area contributed by atoms with E-state index in [0.29, 0.717) is 0 Å². The van der Waals surface area contributed by atoms with Crippen molar-refractivity contribution in [2.24, 2.45) is 5.92 Å². The van der Waals surface area contributed by atoms with Crippen molar-refractivity contribution in [2.45, 2.75) is 39.7 Å². The minimum Gasteiger partial charge on any atom is -0.344 e. The Morgan fingerprint density at radius 2 is 1.75 bits per heavy atom. The SMILES string of the molecule is CCC(CC)C(=O)NC(C)C(=O)Nc1ccccc1F. The van der Waals surface area contributed by atoms with Gasteiger partial charge in [-0.25, -0.2) is 4.39 Å². The second kappa shape index (κ2) is 7.62. The zero-order valence-electron chi connectivity index (χ0n) is 12.1. The summed E-state index contributed by atoms with van der Waals surface area (Å²) in [5, 5.41) is 5.11. The van der Waals surface area contributed by atoms with Crippen LogP contribution in [-0.4, -0.2) is 17.9 Å². The van der Waals surface area contributed by atoms with Gasteiger partial charge in [0.2, 0.25) is 11.8 Å². The summed E-state index contributed by atoms with van der Waals surface area (Å²) in [5.41, 5.74) is 0.112. The van der Waals surface area contributed by atoms with Gasteiger partial charge >= 0.3 is 0 Å². The highest BCUT2D eigenvalue weighted by molar-refractivity contribution is 5.97. The Kier molecular flexibility index (Phi) is 6.15. The fraction of sp³-hybridized carbons (Fsp3) is 0.467. The van der Waals surface area contributed by atoms with Crippen LogP contribution >= 0.6 is 0 Å². The third-order valence-corrected chi connectivity index (χ3v) is 3.24. The summed E-state index contributed by atoms with van der Waals surface area (Å²) in [5.74, 6) is -1.18. The van der Waals surface area contributed by atoms with Crippen molar-refractivity contribution in [3.63, 3.8) is 0 Å². The molecule has 5 heteroatoms. The van der Waals surface area contributed by atoms with E-state index in [1.165, 1.54) is 12.1 Å². The second-order valence-electron chi connectivity index (χ2n) is 4.71. The summed E-state index contributed by atoms with van der Waals surface area (Å²) >= 11 is 0. The van der Waals surface area contributed by atoms with Crippen LogP contribution in [-0.2, 0) is 9.59 Å². The molecule has 110 valence electrons. The summed E-state index contributed by atoms with van der Waals surface area (Å²) in [6.45, 7) is 5.44. The molecule has 1 rings (SSSR count). The van der Waals surface area contributed by atoms with Crippen LogP contribution in [0.3, 0.4) is 0 Å². The first kappa shape index (κ1) is 16.1. The van der Waals surface area contributed by atoms with Crippen molar-refractivity contribution < 1.29 is 14.0 Å². The van der Waals surface area contributed by atoms with Crippen LogP contribution < -0.4 is 10.6 Å². The molecule has 0 saturated heterocycles. The highest BCUT2D eigenvalue weighted by Crippen LogP contribution is 2.13. The molecule has 4 nitrogen and oxygen atoms in total. The van der Waals surface area contributed by atoms with Crippen molar-refractivity contribution in [2.75, 3.05) is 5.32 Å². The Bertz CT molecular complexity index is 473. The topological polar surface area (TPSA) is 58.2 Å². The van der Waals surface area contributed by atoms with Crippen LogP contribution in [0.2, 0.25) is 0 Å². The van der Waals surface area contributed by atoms with Crippen LogP contribution in [0.4, 0.5) is 10.1 Å². The van der Waals surface area contributed by atoms with Gasteiger partial charge in [-0.05, 0) is 31.9 Å². The monoisotopic (exact) mass is 280 g/mol. The molecule has 0 heterocycles. The number of rotatable bonds is 6. The number of anilines is 1. The summed E-state index contributed by atoms with van der Waals surface area (Å²) < 4.78 is 13.4. The van der Waals surface area contributed by atoms with Crippen LogP contribution in [0.5, 0.6) is 0 Å². The van der Waals surface area contributed by atoms with Crippen molar-refractivity contribution in [3.05, 3.63) is 30.1 Å². The first-order valence-corrected chi connectivity index (χ1v) is 6.85. The maximum Gasteiger partial charge on any atom is 0.246 e. The minimum atomic E-state index is -0.706. The number of para-hydroxylation sites is 1. The lowest BCUT2D eigenvalue weighted by atomic mass is 10.0. The molecular weight excluding hydrogens is 259 g/mol. The lowest BCUT2D eigenvalue weighted by Gasteiger charge is -2.18. The lowest BCUT2D eigenvalue weighted by molar-refractivity contribution is -0.129. The number of nitrogens with one attached hydrogen (secondary N) is 2. The van der Waals surface area contributed by atoms with Crippen molar-refractivity contribution in [3.8, 4) is 0 Å². The Hall–Kier alpha value is -1.91. The van der Waals surface area contributed by atoms with Gasteiger partial charge in [0.05, 0.1) is 5.69 Å². The predicted octanol–water partition coefficient (Wildman–Crippen LogP) is 2.71. The van der Waals surface area contributed by atoms with Gasteiger partial charge in [0.1, 0.15) is 11.9 Å². The molecule has 0 spiro atoms. The Morgan fingerprint density at radius 3 is 2.30 bits per heavy atom. The average molecular weight is 280 g/mol. The second-order valence-corrected chi connectivity index (χ2v) is 4.71. The fourth-order valence-corrected chi connectivity index (χ4v) is 1.86. The molecular formula is C15H21FN2O2. The molecule has 0 aliphatic heterocycles. The Morgan fingerprint density at radius 1 is 1.15 bits per heavy atom. The Balaban J connectivity index is 2.60. The maximum absolute atomic E-state index is 13.4. The van der Waals surface area contributed by atoms with E-state index in [9.17, 15) is 14.0 Å². The third-order valence-electron chi connectivity index (χ3n) is 3.24. The molecule has 1 aromatic carbocycles. The average Bonchev–Trinajstić information content (AvgIpc) is 2.42. The molecule has 0 saturated carbocycles. The van der Waals surface area contributed by atoms with Gasteiger partial charge in [0.25, 0.3) is 0 Å². The summed E-state index contributed by atoms with van der Waals surface area (Å²) in [7, 11) is 0. The summed E-state index contributed by atoms with van der Waals surface area (Å²) in [4.78, 5) is 23.8. The highest BCUT2D eigenvalue weighted by Gasteiger charge is 2.20. The van der Waals surface area contributed by atoms with Crippen LogP contribution in [0.15, 0.2) is 24.3 Å². The number of carbonyl (C=O) groups excluding carboxylic acids is 2. The molecule has 2 amide bonds. The lowest BCUT2D eigenvalue weighted by Crippen LogP contribution is -2.44. The molecule has 0 aliphatic rings. The molecule has 0 aliphatic carbocycles. The first-order chi connectivity index (χ1) is 9.49. The molecule has 1 atom stereocenters. The predicted molar refractivity (Wildman–Crippen MR) is 76.7 cm³/mol. The Labute approximate surface area is 118 Å². The van der Waals surface area contributed by atoms with Crippen molar-refractivity contribution >= 4 is 17.5 Å². The van der Waals surface area contributed by atoms with Crippen molar-refractivity contribution in [1.29, 1.82) is 0 Å². The van der Waals surface area contributed by atoms with E-state index in [1.807, 2.05) is 13.8 Å². The van der Waals surface area contributed by atoms with E-state index in [1.54, 1.807) is 19.1 Å². The quantitative estimate of drug-likeness (QED) is 0.841. The molecule has 1 aromatic rings. The number of halogens is 1. The van der Waals surface area contributed by atoms with Gasteiger partial charge in [-0.1, -0.05) is 26.0 Å². The zero-order valence-corrected chi connectivity index (χ0v) is 12.1. The van der Waals surface area contributed by atoms with Gasteiger partial charge in [-0.15, -0.1) is 0 Å². The van der Waals surface area contributed by atoms with Gasteiger partial charge in [-0.2, -0.15) is 0 Å². The van der Waals surface area contributed by atoms with Gasteiger partial charge < -0.3 is 10.6 Å². The van der Waals surface area contributed by atoms with E-state index >= 15 is 0 Å². The number of hydrogen-bond acceptors (Lipinski definition) is 2. The standard InChI is InChI=1S/C15H21FN2O2/c1-4-11(5-2)15(20)17-10(3)14(19)18-13-9-7-6-8-12(13)16/h6-11H,4-5H2,1-3H3,(H,17,20)(H,18,19). The molecule has 0 bridgehead atoms. The van der Waals surface area contributed by atoms with E-state index in [0.717, 1.165) is 12.8 Å². The molecule has 20 heavy (non-hydrogen) atoms. The number of benzene rings is 1. The number of carbonyl (C=O) groups is 2. The largest absolute Gasteiger partial charge is 0.344 e. The summed E-state index contributed by atoms with van der Waals surface area (Å²) in [6, 6.07) is 5.21. The van der Waals surface area contributed by atoms with E-state index < -0.39 is 17.8 Å². The zero-order chi connectivity index (χ0) is 15.1. The van der Waals surface area contributed by atoms with Crippen molar-refractivity contribution in [1.82, 2.24) is 5.32 Å². The van der Waals surface area contributed by atoms with Gasteiger partial charge in [-0.3, -0.25) is 9.59 Å². The third kappa shape index (κ3) is 4.33. The normalized spacial score (nSPS) is 12.1. The molecule has 1 unspecified atom stereocenters. The highest BCUT2D eigenvalue weighted by atomic mass is 19.1. The molecule has 0 aromatic heterocycles. The van der Waals surface area contributed by atoms with Crippen LogP contribution in [0.25, 0.3) is 0 Å². The molecule has 0 fully saturated rings. The minimum absolute atomic E-state index is 0.0984. The fourth-order valence-electron chi connectivity index (χ4n) is 1.86. The molecule has 2 N–H and O–H groups in total. The number of amides is 2. The number of hydrogen-bond donors (Lipinski definition) is 2. The van der Waals surface area contributed by atoms with E-state index in [4.69, 9.17) is 0 Å². The van der Waals surface area contributed by atoms with Crippen LogP contribution in [0, 0.1) is 11.7 Å². The molecule has 0 radical (unpaired) electrons. The van der Waals surface area contributed by atoms with Gasteiger partial charge in [0, 0.05) is 5.92 Å². The van der Waals surface area contributed by atoms with Crippen LogP contribution in [0.1, 0.15) is 33.6 Å². The first-order valence-electron chi connectivity index (χ1n) is 6.85. The smallest absolute Gasteiger partial charge is 0.246 e. The van der Waals surface area contributed by atoms with E-state index in [-0.39, 0.29) is 17.5 Å². The van der Waals surface area contributed by atoms with E-state index in [2.05, 4.69) is 10.6 Å².